The predicted octanol–water partition coefficient (Wildman–Crippen LogP) is 5.74. The number of carbonyl (C=O) groups excluding carboxylic acids is 2. The lowest BCUT2D eigenvalue weighted by atomic mass is 9.93. The molecule has 192 valence electrons. The first-order valence-electron chi connectivity index (χ1n) is 12.2. The molecule has 1 aliphatic heterocycles. The summed E-state index contributed by atoms with van der Waals surface area (Å²) >= 11 is 0. The second-order valence-corrected chi connectivity index (χ2v) is 8.73. The Kier molecular flexibility index (Phi) is 7.53. The molecular formula is C30H31NO6. The number of benzene rings is 3. The number of hydrogen-bond donors (Lipinski definition) is 1. The predicted molar refractivity (Wildman–Crippen MR) is 142 cm³/mol. The number of hydrogen-bond acceptors (Lipinski definition) is 6. The molecule has 1 unspecified atom stereocenters. The first-order valence-corrected chi connectivity index (χ1v) is 12.2. The van der Waals surface area contributed by atoms with Crippen LogP contribution in [0.25, 0.3) is 5.76 Å². The molecule has 0 aromatic heterocycles. The maximum Gasteiger partial charge on any atom is 0.300 e. The number of ketones is 1. The van der Waals surface area contributed by atoms with Crippen molar-refractivity contribution < 1.29 is 28.9 Å². The van der Waals surface area contributed by atoms with Gasteiger partial charge in [0.1, 0.15) is 23.0 Å². The number of rotatable bonds is 8. The molecule has 7 heteroatoms. The van der Waals surface area contributed by atoms with Gasteiger partial charge in [0.2, 0.25) is 0 Å². The summed E-state index contributed by atoms with van der Waals surface area (Å²) in [7, 11) is 1.58. The monoisotopic (exact) mass is 501 g/mol. The van der Waals surface area contributed by atoms with Crippen molar-refractivity contribution in [1.29, 1.82) is 0 Å². The molecule has 1 saturated heterocycles. The van der Waals surface area contributed by atoms with Crippen LogP contribution in [0.2, 0.25) is 0 Å². The van der Waals surface area contributed by atoms with Crippen molar-refractivity contribution in [3.63, 3.8) is 0 Å². The van der Waals surface area contributed by atoms with Gasteiger partial charge in [-0.1, -0.05) is 12.1 Å². The molecule has 1 heterocycles. The highest BCUT2D eigenvalue weighted by atomic mass is 16.5. The molecule has 1 fully saturated rings. The standard InChI is InChI=1S/C30H31NO6/c1-6-36-22-12-8-20(9-13-22)27-26(28(32)24-16-19(4)25(35-5)17-18(24)3)29(33)30(34)31(27)21-10-14-23(15-11-21)37-7-2/h8-17,27,32H,6-7H2,1-5H3/b28-26+. The minimum atomic E-state index is -0.838. The lowest BCUT2D eigenvalue weighted by Crippen LogP contribution is -2.29. The number of ether oxygens (including phenoxy) is 3. The zero-order chi connectivity index (χ0) is 26.7. The number of aliphatic hydroxyl groups is 1. The van der Waals surface area contributed by atoms with Gasteiger partial charge in [-0.2, -0.15) is 0 Å². The lowest BCUT2D eigenvalue weighted by Gasteiger charge is -2.26. The fourth-order valence-electron chi connectivity index (χ4n) is 4.61. The van der Waals surface area contributed by atoms with Crippen molar-refractivity contribution in [3.05, 3.63) is 88.5 Å². The van der Waals surface area contributed by atoms with Gasteiger partial charge >= 0.3 is 0 Å². The van der Waals surface area contributed by atoms with E-state index in [1.165, 1.54) is 4.90 Å². The normalized spacial score (nSPS) is 16.7. The Balaban J connectivity index is 1.90. The van der Waals surface area contributed by atoms with E-state index >= 15 is 0 Å². The van der Waals surface area contributed by atoms with Crippen molar-refractivity contribution in [2.45, 2.75) is 33.7 Å². The Morgan fingerprint density at radius 3 is 1.97 bits per heavy atom. The number of anilines is 1. The Hall–Kier alpha value is -4.26. The Labute approximate surface area is 216 Å². The minimum Gasteiger partial charge on any atom is -0.507 e. The molecule has 0 spiro atoms. The van der Waals surface area contributed by atoms with Crippen molar-refractivity contribution in [3.8, 4) is 17.2 Å². The van der Waals surface area contributed by atoms with Crippen LogP contribution in [0.5, 0.6) is 17.2 Å². The third kappa shape index (κ3) is 4.89. The van der Waals surface area contributed by atoms with Crippen LogP contribution in [0, 0.1) is 13.8 Å². The average molecular weight is 502 g/mol. The Bertz CT molecular complexity index is 1340. The van der Waals surface area contributed by atoms with Crippen molar-refractivity contribution in [1.82, 2.24) is 0 Å². The number of aliphatic hydroxyl groups excluding tert-OH is 1. The van der Waals surface area contributed by atoms with E-state index in [9.17, 15) is 14.7 Å². The molecule has 0 aliphatic carbocycles. The van der Waals surface area contributed by atoms with Gasteiger partial charge in [-0.05, 0) is 92.9 Å². The van der Waals surface area contributed by atoms with E-state index in [1.807, 2.05) is 39.8 Å². The number of carbonyl (C=O) groups is 2. The van der Waals surface area contributed by atoms with Crippen LogP contribution in [0.1, 0.15) is 42.1 Å². The molecule has 1 atom stereocenters. The highest BCUT2D eigenvalue weighted by molar-refractivity contribution is 6.51. The molecule has 7 nitrogen and oxygen atoms in total. The van der Waals surface area contributed by atoms with Crippen LogP contribution >= 0.6 is 0 Å². The Morgan fingerprint density at radius 2 is 1.43 bits per heavy atom. The molecular weight excluding hydrogens is 470 g/mol. The van der Waals surface area contributed by atoms with Gasteiger partial charge in [0.25, 0.3) is 11.7 Å². The summed E-state index contributed by atoms with van der Waals surface area (Å²) in [6, 6.07) is 16.9. The summed E-state index contributed by atoms with van der Waals surface area (Å²) in [4.78, 5) is 28.3. The van der Waals surface area contributed by atoms with E-state index in [4.69, 9.17) is 14.2 Å². The molecule has 0 saturated carbocycles. The summed E-state index contributed by atoms with van der Waals surface area (Å²) < 4.78 is 16.5. The van der Waals surface area contributed by atoms with Crippen LogP contribution < -0.4 is 19.1 Å². The van der Waals surface area contributed by atoms with Crippen LogP contribution in [-0.4, -0.2) is 37.1 Å². The number of methoxy groups -OCH3 is 1. The van der Waals surface area contributed by atoms with E-state index in [-0.39, 0.29) is 11.3 Å². The quantitative estimate of drug-likeness (QED) is 0.241. The van der Waals surface area contributed by atoms with Gasteiger partial charge in [0.15, 0.2) is 0 Å². The van der Waals surface area contributed by atoms with E-state index in [1.54, 1.807) is 55.6 Å². The van der Waals surface area contributed by atoms with Gasteiger partial charge in [-0.15, -0.1) is 0 Å². The van der Waals surface area contributed by atoms with E-state index in [0.717, 1.165) is 11.1 Å². The summed E-state index contributed by atoms with van der Waals surface area (Å²) in [6.07, 6.45) is 0. The van der Waals surface area contributed by atoms with Gasteiger partial charge < -0.3 is 19.3 Å². The SMILES string of the molecule is CCOc1ccc(C2/C(=C(\O)c3cc(C)c(OC)cc3C)C(=O)C(=O)N2c2ccc(OCC)cc2)cc1. The van der Waals surface area contributed by atoms with Crippen LogP contribution in [-0.2, 0) is 9.59 Å². The summed E-state index contributed by atoms with van der Waals surface area (Å²) in [5.74, 6) is 0.308. The highest BCUT2D eigenvalue weighted by Gasteiger charge is 2.47. The topological polar surface area (TPSA) is 85.3 Å². The van der Waals surface area contributed by atoms with Gasteiger partial charge in [0, 0.05) is 11.3 Å². The smallest absolute Gasteiger partial charge is 0.300 e. The fraction of sp³-hybridized carbons (Fsp3) is 0.267. The molecule has 4 rings (SSSR count). The average Bonchev–Trinajstić information content (AvgIpc) is 3.16. The number of nitrogens with zero attached hydrogens (tertiary/aromatic N) is 1. The van der Waals surface area contributed by atoms with Gasteiger partial charge in [0.05, 0.1) is 31.9 Å². The molecule has 3 aromatic carbocycles. The molecule has 1 N–H and O–H groups in total. The minimum absolute atomic E-state index is 0.0238. The maximum atomic E-state index is 13.5. The van der Waals surface area contributed by atoms with Crippen LogP contribution in [0.3, 0.4) is 0 Å². The van der Waals surface area contributed by atoms with E-state index < -0.39 is 17.7 Å². The maximum absolute atomic E-state index is 13.5. The number of amides is 1. The van der Waals surface area contributed by atoms with Crippen molar-refractivity contribution in [2.75, 3.05) is 25.2 Å². The summed E-state index contributed by atoms with van der Waals surface area (Å²) in [6.45, 7) is 8.49. The van der Waals surface area contributed by atoms with Gasteiger partial charge in [-0.3, -0.25) is 14.5 Å². The van der Waals surface area contributed by atoms with E-state index in [2.05, 4.69) is 0 Å². The zero-order valence-electron chi connectivity index (χ0n) is 21.7. The first-order chi connectivity index (χ1) is 17.8. The van der Waals surface area contributed by atoms with E-state index in [0.29, 0.717) is 47.3 Å². The summed E-state index contributed by atoms with van der Waals surface area (Å²) in [5.41, 5.74) is 3.20. The molecule has 0 radical (unpaired) electrons. The van der Waals surface area contributed by atoms with Crippen LogP contribution in [0.15, 0.2) is 66.2 Å². The highest BCUT2D eigenvalue weighted by Crippen LogP contribution is 2.43. The molecule has 3 aromatic rings. The lowest BCUT2D eigenvalue weighted by molar-refractivity contribution is -0.132. The second kappa shape index (κ2) is 10.8. The molecule has 1 aliphatic rings. The molecule has 1 amide bonds. The van der Waals surface area contributed by atoms with Gasteiger partial charge in [-0.25, -0.2) is 0 Å². The fourth-order valence-corrected chi connectivity index (χ4v) is 4.61. The summed E-state index contributed by atoms with van der Waals surface area (Å²) in [5, 5.41) is 11.5. The largest absolute Gasteiger partial charge is 0.507 e. The number of Topliss-reactive ketones (excluding diaryl/α,β-unsaturated/α-hetero) is 1. The first kappa shape index (κ1) is 25.8. The van der Waals surface area contributed by atoms with Crippen LogP contribution in [0.4, 0.5) is 5.69 Å². The zero-order valence-corrected chi connectivity index (χ0v) is 21.7. The second-order valence-electron chi connectivity index (χ2n) is 8.73. The van der Waals surface area contributed by atoms with Crippen molar-refractivity contribution >= 4 is 23.1 Å². The Morgan fingerprint density at radius 1 is 0.865 bits per heavy atom. The molecule has 37 heavy (non-hydrogen) atoms. The third-order valence-electron chi connectivity index (χ3n) is 6.37. The molecule has 0 bridgehead atoms. The number of aryl methyl sites for hydroxylation is 2. The third-order valence-corrected chi connectivity index (χ3v) is 6.37. The van der Waals surface area contributed by atoms with Crippen molar-refractivity contribution in [2.24, 2.45) is 0 Å².